The summed E-state index contributed by atoms with van der Waals surface area (Å²) in [6, 6.07) is 7.41. The summed E-state index contributed by atoms with van der Waals surface area (Å²) in [4.78, 5) is 6.38. The Morgan fingerprint density at radius 2 is 2.06 bits per heavy atom. The molecule has 0 bridgehead atoms. The van der Waals surface area contributed by atoms with E-state index in [1.165, 1.54) is 0 Å². The van der Waals surface area contributed by atoms with Gasteiger partial charge in [0.25, 0.3) is 11.8 Å². The molecule has 17 heavy (non-hydrogen) atoms. The van der Waals surface area contributed by atoms with Crippen LogP contribution in [-0.4, -0.2) is 23.2 Å². The fourth-order valence-electron chi connectivity index (χ4n) is 1.64. The second kappa shape index (κ2) is 4.86. The first-order valence-electron chi connectivity index (χ1n) is 5.69. The minimum atomic E-state index is 0.499. The fraction of sp³-hybridized carbons (Fsp3) is 0.333. The fourth-order valence-corrected chi connectivity index (χ4v) is 1.64. The smallest absolute Gasteiger partial charge is 0.266 e. The molecule has 0 spiro atoms. The van der Waals surface area contributed by atoms with Gasteiger partial charge in [0.15, 0.2) is 0 Å². The van der Waals surface area contributed by atoms with Crippen molar-refractivity contribution in [3.05, 3.63) is 24.3 Å². The highest BCUT2D eigenvalue weighted by Crippen LogP contribution is 2.21. The number of rotatable bonds is 4. The summed E-state index contributed by atoms with van der Waals surface area (Å²) >= 11 is 0. The molecule has 1 aromatic heterocycles. The van der Waals surface area contributed by atoms with Crippen LogP contribution in [0, 0.1) is 0 Å². The van der Waals surface area contributed by atoms with Crippen molar-refractivity contribution in [2.75, 3.05) is 23.7 Å². The molecular formula is C12H16N4O. The average molecular weight is 232 g/mol. The summed E-state index contributed by atoms with van der Waals surface area (Å²) in [5, 5.41) is 3.96. The molecule has 0 aliphatic heterocycles. The summed E-state index contributed by atoms with van der Waals surface area (Å²) in [5.41, 5.74) is 7.24. The molecule has 0 saturated heterocycles. The SMILES string of the molecule is CCN(CC)c1noc(-c2cccc(N)c2)n1. The first-order chi connectivity index (χ1) is 8.24. The number of benzene rings is 1. The van der Waals surface area contributed by atoms with E-state index in [1.807, 2.05) is 29.2 Å². The van der Waals surface area contributed by atoms with Crippen LogP contribution in [0.25, 0.3) is 11.5 Å². The lowest BCUT2D eigenvalue weighted by molar-refractivity contribution is 0.429. The Kier molecular flexibility index (Phi) is 3.27. The van der Waals surface area contributed by atoms with Crippen LogP contribution < -0.4 is 10.6 Å². The van der Waals surface area contributed by atoms with Crippen molar-refractivity contribution in [1.29, 1.82) is 0 Å². The van der Waals surface area contributed by atoms with Crippen molar-refractivity contribution in [2.45, 2.75) is 13.8 Å². The van der Waals surface area contributed by atoms with E-state index in [1.54, 1.807) is 0 Å². The third kappa shape index (κ3) is 2.38. The second-order valence-corrected chi connectivity index (χ2v) is 3.70. The number of anilines is 2. The van der Waals surface area contributed by atoms with E-state index in [2.05, 4.69) is 24.0 Å². The van der Waals surface area contributed by atoms with Crippen molar-refractivity contribution in [1.82, 2.24) is 10.1 Å². The number of hydrogen-bond donors (Lipinski definition) is 1. The highest BCUT2D eigenvalue weighted by atomic mass is 16.5. The molecule has 90 valence electrons. The van der Waals surface area contributed by atoms with Crippen LogP contribution in [0.3, 0.4) is 0 Å². The van der Waals surface area contributed by atoms with Gasteiger partial charge in [-0.25, -0.2) is 0 Å². The van der Waals surface area contributed by atoms with E-state index in [-0.39, 0.29) is 0 Å². The number of nitrogens with zero attached hydrogens (tertiary/aromatic N) is 3. The van der Waals surface area contributed by atoms with Gasteiger partial charge >= 0.3 is 0 Å². The van der Waals surface area contributed by atoms with Crippen LogP contribution >= 0.6 is 0 Å². The summed E-state index contributed by atoms with van der Waals surface area (Å²) in [5.74, 6) is 1.12. The maximum atomic E-state index is 5.71. The molecule has 0 radical (unpaired) electrons. The van der Waals surface area contributed by atoms with Crippen molar-refractivity contribution >= 4 is 11.6 Å². The van der Waals surface area contributed by atoms with Crippen LogP contribution in [0.4, 0.5) is 11.6 Å². The monoisotopic (exact) mass is 232 g/mol. The third-order valence-electron chi connectivity index (χ3n) is 2.60. The van der Waals surface area contributed by atoms with Gasteiger partial charge < -0.3 is 15.2 Å². The lowest BCUT2D eigenvalue weighted by atomic mass is 10.2. The standard InChI is InChI=1S/C12H16N4O/c1-3-16(4-2)12-14-11(17-15-12)9-6-5-7-10(13)8-9/h5-8H,3-4,13H2,1-2H3. The molecular weight excluding hydrogens is 216 g/mol. The van der Waals surface area contributed by atoms with Gasteiger partial charge in [0.2, 0.25) is 0 Å². The zero-order valence-corrected chi connectivity index (χ0v) is 10.1. The van der Waals surface area contributed by atoms with Crippen molar-refractivity contribution in [2.24, 2.45) is 0 Å². The van der Waals surface area contributed by atoms with Crippen LogP contribution in [0.5, 0.6) is 0 Å². The van der Waals surface area contributed by atoms with Crippen LogP contribution in [0.15, 0.2) is 28.8 Å². The molecule has 0 saturated carbocycles. The Hall–Kier alpha value is -2.04. The normalized spacial score (nSPS) is 10.5. The zero-order chi connectivity index (χ0) is 12.3. The molecule has 1 heterocycles. The zero-order valence-electron chi connectivity index (χ0n) is 10.1. The molecule has 0 aliphatic rings. The Morgan fingerprint density at radius 3 is 2.71 bits per heavy atom. The number of aromatic nitrogens is 2. The first-order valence-corrected chi connectivity index (χ1v) is 5.69. The maximum absolute atomic E-state index is 5.71. The molecule has 2 rings (SSSR count). The molecule has 2 N–H and O–H groups in total. The summed E-state index contributed by atoms with van der Waals surface area (Å²) in [6.07, 6.45) is 0. The largest absolute Gasteiger partial charge is 0.399 e. The number of hydrogen-bond acceptors (Lipinski definition) is 5. The van der Waals surface area contributed by atoms with E-state index in [4.69, 9.17) is 10.3 Å². The summed E-state index contributed by atoms with van der Waals surface area (Å²) < 4.78 is 5.23. The van der Waals surface area contributed by atoms with Gasteiger partial charge in [-0.05, 0) is 37.2 Å². The lowest BCUT2D eigenvalue weighted by Crippen LogP contribution is -2.22. The molecule has 0 fully saturated rings. The van der Waals surface area contributed by atoms with Gasteiger partial charge in [0.05, 0.1) is 0 Å². The molecule has 5 heteroatoms. The van der Waals surface area contributed by atoms with Gasteiger partial charge in [-0.15, -0.1) is 0 Å². The van der Waals surface area contributed by atoms with E-state index < -0.39 is 0 Å². The molecule has 0 unspecified atom stereocenters. The van der Waals surface area contributed by atoms with Crippen LogP contribution in [-0.2, 0) is 0 Å². The molecule has 0 amide bonds. The van der Waals surface area contributed by atoms with Crippen LogP contribution in [0.2, 0.25) is 0 Å². The summed E-state index contributed by atoms with van der Waals surface area (Å²) in [7, 11) is 0. The van der Waals surface area contributed by atoms with Crippen molar-refractivity contribution < 1.29 is 4.52 Å². The number of nitrogen functional groups attached to an aromatic ring is 1. The Bertz CT molecular complexity index is 491. The van der Waals surface area contributed by atoms with Gasteiger partial charge in [0, 0.05) is 24.3 Å². The van der Waals surface area contributed by atoms with Crippen LogP contribution in [0.1, 0.15) is 13.8 Å². The lowest BCUT2D eigenvalue weighted by Gasteiger charge is -2.14. The first kappa shape index (κ1) is 11.4. The van der Waals surface area contributed by atoms with Gasteiger partial charge in [-0.2, -0.15) is 4.98 Å². The maximum Gasteiger partial charge on any atom is 0.266 e. The Morgan fingerprint density at radius 1 is 1.29 bits per heavy atom. The van der Waals surface area contributed by atoms with Crippen molar-refractivity contribution in [3.8, 4) is 11.5 Å². The number of nitrogens with two attached hydrogens (primary N) is 1. The van der Waals surface area contributed by atoms with E-state index in [9.17, 15) is 0 Å². The molecule has 1 aromatic carbocycles. The van der Waals surface area contributed by atoms with Crippen molar-refractivity contribution in [3.63, 3.8) is 0 Å². The molecule has 0 atom stereocenters. The minimum absolute atomic E-state index is 0.499. The average Bonchev–Trinajstić information content (AvgIpc) is 2.80. The quantitative estimate of drug-likeness (QED) is 0.818. The van der Waals surface area contributed by atoms with Gasteiger partial charge in [-0.1, -0.05) is 6.07 Å². The topological polar surface area (TPSA) is 68.2 Å². The van der Waals surface area contributed by atoms with Gasteiger partial charge in [-0.3, -0.25) is 0 Å². The minimum Gasteiger partial charge on any atom is -0.399 e. The predicted octanol–water partition coefficient (Wildman–Crippen LogP) is 2.17. The van der Waals surface area contributed by atoms with E-state index in [0.717, 1.165) is 18.7 Å². The second-order valence-electron chi connectivity index (χ2n) is 3.70. The molecule has 2 aromatic rings. The highest BCUT2D eigenvalue weighted by Gasteiger charge is 2.12. The predicted molar refractivity (Wildman–Crippen MR) is 67.7 cm³/mol. The molecule has 0 aliphatic carbocycles. The summed E-state index contributed by atoms with van der Waals surface area (Å²) in [6.45, 7) is 5.82. The third-order valence-corrected chi connectivity index (χ3v) is 2.60. The van der Waals surface area contributed by atoms with Gasteiger partial charge in [0.1, 0.15) is 0 Å². The van der Waals surface area contributed by atoms with E-state index >= 15 is 0 Å². The molecule has 5 nitrogen and oxygen atoms in total. The Balaban J connectivity index is 2.29. The van der Waals surface area contributed by atoms with E-state index in [0.29, 0.717) is 17.5 Å². The Labute approximate surface area is 100 Å². The highest BCUT2D eigenvalue weighted by molar-refractivity contribution is 5.60.